The van der Waals surface area contributed by atoms with E-state index in [0.717, 1.165) is 18.4 Å². The van der Waals surface area contributed by atoms with Crippen molar-refractivity contribution >= 4 is 16.0 Å². The summed E-state index contributed by atoms with van der Waals surface area (Å²) in [6.45, 7) is 3.25. The lowest BCUT2D eigenvalue weighted by Crippen LogP contribution is -2.46. The van der Waals surface area contributed by atoms with Crippen LogP contribution >= 0.6 is 0 Å². The molecule has 1 aromatic rings. The standard InChI is InChI=1S/C15H21NO4S/c1-11-7-9-13(10-8-11)21(18,19)16-14-5-3-4-6-15(14)20-12(2)17/h7-10,14-16H,3-6H2,1-2H3/t14-,15-/m0/s1. The van der Waals surface area contributed by atoms with E-state index >= 15 is 0 Å². The molecule has 0 aromatic heterocycles. The first kappa shape index (κ1) is 16.0. The molecule has 21 heavy (non-hydrogen) atoms. The first-order valence-electron chi connectivity index (χ1n) is 7.15. The van der Waals surface area contributed by atoms with Crippen molar-refractivity contribution in [1.82, 2.24) is 4.72 Å². The van der Waals surface area contributed by atoms with E-state index in [4.69, 9.17) is 4.74 Å². The van der Waals surface area contributed by atoms with Gasteiger partial charge in [-0.1, -0.05) is 24.1 Å². The minimum absolute atomic E-state index is 0.236. The molecule has 5 nitrogen and oxygen atoms in total. The first-order valence-corrected chi connectivity index (χ1v) is 8.63. The fraction of sp³-hybridized carbons (Fsp3) is 0.533. The average molecular weight is 311 g/mol. The summed E-state index contributed by atoms with van der Waals surface area (Å²) in [5, 5.41) is 0. The Morgan fingerprint density at radius 2 is 1.81 bits per heavy atom. The van der Waals surface area contributed by atoms with Gasteiger partial charge in [-0.2, -0.15) is 0 Å². The molecule has 1 fully saturated rings. The predicted molar refractivity (Wildman–Crippen MR) is 79.3 cm³/mol. The van der Waals surface area contributed by atoms with Crippen LogP contribution in [0.2, 0.25) is 0 Å². The molecule has 0 heterocycles. The molecule has 0 aliphatic heterocycles. The van der Waals surface area contributed by atoms with Gasteiger partial charge in [-0.3, -0.25) is 4.79 Å². The monoisotopic (exact) mass is 311 g/mol. The molecule has 1 saturated carbocycles. The second-order valence-electron chi connectivity index (χ2n) is 5.47. The van der Waals surface area contributed by atoms with E-state index in [1.807, 2.05) is 6.92 Å². The van der Waals surface area contributed by atoms with Crippen molar-refractivity contribution in [2.24, 2.45) is 0 Å². The van der Waals surface area contributed by atoms with Crippen LogP contribution in [0.15, 0.2) is 29.2 Å². The van der Waals surface area contributed by atoms with Gasteiger partial charge in [0.25, 0.3) is 0 Å². The smallest absolute Gasteiger partial charge is 0.302 e. The highest BCUT2D eigenvalue weighted by Gasteiger charge is 2.31. The number of aryl methyl sites for hydroxylation is 1. The van der Waals surface area contributed by atoms with Gasteiger partial charge in [0.1, 0.15) is 6.10 Å². The summed E-state index contributed by atoms with van der Waals surface area (Å²) < 4.78 is 32.7. The zero-order chi connectivity index (χ0) is 15.5. The highest BCUT2D eigenvalue weighted by atomic mass is 32.2. The molecule has 0 amide bonds. The van der Waals surface area contributed by atoms with Gasteiger partial charge in [-0.05, 0) is 38.3 Å². The summed E-state index contributed by atoms with van der Waals surface area (Å²) in [5.74, 6) is -0.374. The number of benzene rings is 1. The molecule has 0 bridgehead atoms. The van der Waals surface area contributed by atoms with Gasteiger partial charge in [0.05, 0.1) is 10.9 Å². The Hall–Kier alpha value is -1.40. The summed E-state index contributed by atoms with van der Waals surface area (Å²) in [4.78, 5) is 11.4. The zero-order valence-corrected chi connectivity index (χ0v) is 13.2. The number of hydrogen-bond acceptors (Lipinski definition) is 4. The lowest BCUT2D eigenvalue weighted by molar-refractivity contribution is -0.148. The third-order valence-corrected chi connectivity index (χ3v) is 5.16. The van der Waals surface area contributed by atoms with E-state index in [-0.39, 0.29) is 23.0 Å². The van der Waals surface area contributed by atoms with Crippen molar-refractivity contribution in [3.05, 3.63) is 29.8 Å². The van der Waals surface area contributed by atoms with Gasteiger partial charge in [-0.25, -0.2) is 13.1 Å². The number of ether oxygens (including phenoxy) is 1. The quantitative estimate of drug-likeness (QED) is 0.865. The lowest BCUT2D eigenvalue weighted by atomic mass is 9.93. The summed E-state index contributed by atoms with van der Waals surface area (Å²) >= 11 is 0. The van der Waals surface area contributed by atoms with Crippen molar-refractivity contribution < 1.29 is 17.9 Å². The predicted octanol–water partition coefficient (Wildman–Crippen LogP) is 2.15. The van der Waals surface area contributed by atoms with Crippen molar-refractivity contribution in [1.29, 1.82) is 0 Å². The van der Waals surface area contributed by atoms with Gasteiger partial charge in [-0.15, -0.1) is 0 Å². The molecule has 116 valence electrons. The Kier molecular flexibility index (Phi) is 5.00. The highest BCUT2D eigenvalue weighted by molar-refractivity contribution is 7.89. The van der Waals surface area contributed by atoms with Crippen LogP contribution in [0.3, 0.4) is 0 Å². The molecular weight excluding hydrogens is 290 g/mol. The second-order valence-corrected chi connectivity index (χ2v) is 7.19. The van der Waals surface area contributed by atoms with Gasteiger partial charge >= 0.3 is 5.97 Å². The van der Waals surface area contributed by atoms with Crippen LogP contribution in [0, 0.1) is 6.92 Å². The summed E-state index contributed by atoms with van der Waals surface area (Å²) in [7, 11) is -3.59. The summed E-state index contributed by atoms with van der Waals surface area (Å²) in [6, 6.07) is 6.34. The van der Waals surface area contributed by atoms with Crippen LogP contribution < -0.4 is 4.72 Å². The van der Waals surface area contributed by atoms with E-state index in [1.54, 1.807) is 24.3 Å². The molecule has 1 N–H and O–H groups in total. The zero-order valence-electron chi connectivity index (χ0n) is 12.3. The van der Waals surface area contributed by atoms with Gasteiger partial charge in [0.15, 0.2) is 0 Å². The second kappa shape index (κ2) is 6.58. The molecule has 0 spiro atoms. The molecular formula is C15H21NO4S. The van der Waals surface area contributed by atoms with Crippen molar-refractivity contribution in [3.8, 4) is 0 Å². The summed E-state index contributed by atoms with van der Waals surface area (Å²) in [5.41, 5.74) is 1.00. The van der Waals surface area contributed by atoms with Crippen LogP contribution in [-0.4, -0.2) is 26.5 Å². The lowest BCUT2D eigenvalue weighted by Gasteiger charge is -2.31. The number of esters is 1. The highest BCUT2D eigenvalue weighted by Crippen LogP contribution is 2.23. The average Bonchev–Trinajstić information content (AvgIpc) is 2.40. The van der Waals surface area contributed by atoms with Crippen molar-refractivity contribution in [2.45, 2.75) is 56.6 Å². The fourth-order valence-electron chi connectivity index (χ4n) is 2.57. The first-order chi connectivity index (χ1) is 9.88. The maximum Gasteiger partial charge on any atom is 0.302 e. The Labute approximate surface area is 125 Å². The van der Waals surface area contributed by atoms with E-state index < -0.39 is 10.0 Å². The largest absolute Gasteiger partial charge is 0.461 e. The minimum Gasteiger partial charge on any atom is -0.461 e. The third-order valence-electron chi connectivity index (χ3n) is 3.66. The van der Waals surface area contributed by atoms with Gasteiger partial charge < -0.3 is 4.74 Å². The normalized spacial score (nSPS) is 22.8. The molecule has 1 aliphatic rings. The van der Waals surface area contributed by atoms with Crippen LogP contribution in [-0.2, 0) is 19.6 Å². The molecule has 2 atom stereocenters. The number of rotatable bonds is 4. The van der Waals surface area contributed by atoms with Crippen LogP contribution in [0.5, 0.6) is 0 Å². The Bertz CT molecular complexity index is 595. The van der Waals surface area contributed by atoms with E-state index in [1.165, 1.54) is 6.92 Å². The van der Waals surface area contributed by atoms with Crippen LogP contribution in [0.4, 0.5) is 0 Å². The number of hydrogen-bond donors (Lipinski definition) is 1. The number of nitrogens with one attached hydrogen (secondary N) is 1. The Morgan fingerprint density at radius 1 is 1.19 bits per heavy atom. The number of carbonyl (C=O) groups is 1. The van der Waals surface area contributed by atoms with E-state index in [9.17, 15) is 13.2 Å². The molecule has 2 rings (SSSR count). The van der Waals surface area contributed by atoms with Crippen molar-refractivity contribution in [2.75, 3.05) is 0 Å². The van der Waals surface area contributed by atoms with Crippen molar-refractivity contribution in [3.63, 3.8) is 0 Å². The number of carbonyl (C=O) groups excluding carboxylic acids is 1. The van der Waals surface area contributed by atoms with E-state index in [2.05, 4.69) is 4.72 Å². The van der Waals surface area contributed by atoms with Crippen LogP contribution in [0.1, 0.15) is 38.2 Å². The molecule has 0 saturated heterocycles. The maximum absolute atomic E-state index is 12.4. The van der Waals surface area contributed by atoms with Gasteiger partial charge in [0.2, 0.25) is 10.0 Å². The molecule has 6 heteroatoms. The van der Waals surface area contributed by atoms with Crippen LogP contribution in [0.25, 0.3) is 0 Å². The SMILES string of the molecule is CC(=O)O[C@H]1CCCC[C@@H]1NS(=O)(=O)c1ccc(C)cc1. The van der Waals surface area contributed by atoms with E-state index in [0.29, 0.717) is 12.8 Å². The third kappa shape index (κ3) is 4.28. The minimum atomic E-state index is -3.59. The maximum atomic E-state index is 12.4. The molecule has 0 unspecified atom stereocenters. The Balaban J connectivity index is 2.13. The fourth-order valence-corrected chi connectivity index (χ4v) is 3.87. The topological polar surface area (TPSA) is 72.5 Å². The molecule has 0 radical (unpaired) electrons. The summed E-state index contributed by atoms with van der Waals surface area (Å²) in [6.07, 6.45) is 2.87. The molecule has 1 aromatic carbocycles. The Morgan fingerprint density at radius 3 is 2.43 bits per heavy atom. The number of sulfonamides is 1. The van der Waals surface area contributed by atoms with Gasteiger partial charge in [0, 0.05) is 6.92 Å². The molecule has 1 aliphatic carbocycles.